The van der Waals surface area contributed by atoms with Crippen LogP contribution in [0.15, 0.2) is 29.2 Å². The van der Waals surface area contributed by atoms with Crippen molar-refractivity contribution in [1.82, 2.24) is 4.90 Å². The predicted octanol–water partition coefficient (Wildman–Crippen LogP) is 1.22. The first-order chi connectivity index (χ1) is 9.47. The highest BCUT2D eigenvalue weighted by Gasteiger charge is 2.17. The van der Waals surface area contributed by atoms with Crippen molar-refractivity contribution in [3.05, 3.63) is 24.3 Å². The number of rotatable bonds is 5. The van der Waals surface area contributed by atoms with E-state index >= 15 is 0 Å². The van der Waals surface area contributed by atoms with Crippen LogP contribution in [0.2, 0.25) is 0 Å². The smallest absolute Gasteiger partial charge is 0.177 e. The minimum atomic E-state index is -3.21. The Morgan fingerprint density at radius 1 is 1.30 bits per heavy atom. The highest BCUT2D eigenvalue weighted by atomic mass is 32.2. The lowest BCUT2D eigenvalue weighted by molar-refractivity contribution is 0.0368. The molecular formula is C14H22N2O3S. The van der Waals surface area contributed by atoms with Gasteiger partial charge in [0.25, 0.3) is 0 Å². The van der Waals surface area contributed by atoms with E-state index in [-0.39, 0.29) is 6.04 Å². The number of ether oxygens (including phenoxy) is 1. The summed E-state index contributed by atoms with van der Waals surface area (Å²) in [7, 11) is -3.21. The van der Waals surface area contributed by atoms with Crippen molar-refractivity contribution in [3.63, 3.8) is 0 Å². The van der Waals surface area contributed by atoms with Crippen molar-refractivity contribution in [2.75, 3.05) is 44.4 Å². The van der Waals surface area contributed by atoms with E-state index in [0.717, 1.165) is 32.8 Å². The van der Waals surface area contributed by atoms with Crippen LogP contribution in [0.25, 0.3) is 0 Å². The summed E-state index contributed by atoms with van der Waals surface area (Å²) in [6.07, 6.45) is 1.24. The van der Waals surface area contributed by atoms with Crippen LogP contribution in [0.3, 0.4) is 0 Å². The number of hydrogen-bond acceptors (Lipinski definition) is 5. The Balaban J connectivity index is 2.02. The molecule has 0 bridgehead atoms. The van der Waals surface area contributed by atoms with Gasteiger partial charge in [-0.3, -0.25) is 4.90 Å². The minimum absolute atomic E-state index is 0.177. The molecule has 2 rings (SSSR count). The van der Waals surface area contributed by atoms with E-state index in [1.165, 1.54) is 6.26 Å². The first kappa shape index (κ1) is 15.3. The minimum Gasteiger partial charge on any atom is -0.380 e. The van der Waals surface area contributed by atoms with E-state index in [1.807, 2.05) is 12.1 Å². The van der Waals surface area contributed by atoms with E-state index in [4.69, 9.17) is 4.74 Å². The zero-order valence-corrected chi connectivity index (χ0v) is 12.8. The van der Waals surface area contributed by atoms with Gasteiger partial charge in [0, 0.05) is 31.9 Å². The van der Waals surface area contributed by atoms with Crippen molar-refractivity contribution in [3.8, 4) is 0 Å². The average Bonchev–Trinajstić information content (AvgIpc) is 2.39. The molecule has 0 saturated carbocycles. The third kappa shape index (κ3) is 4.19. The molecule has 1 aromatic rings. The Labute approximate surface area is 120 Å². The maximum Gasteiger partial charge on any atom is 0.177 e. The largest absolute Gasteiger partial charge is 0.380 e. The third-order valence-corrected chi connectivity index (χ3v) is 4.48. The van der Waals surface area contributed by atoms with E-state index in [0.29, 0.717) is 10.6 Å². The number of hydrogen-bond donors (Lipinski definition) is 1. The summed E-state index contributed by atoms with van der Waals surface area (Å²) in [5, 5.41) is 3.30. The fourth-order valence-corrected chi connectivity index (χ4v) is 3.24. The summed E-state index contributed by atoms with van der Waals surface area (Å²) in [4.78, 5) is 2.68. The number of anilines is 1. The lowest BCUT2D eigenvalue weighted by Crippen LogP contribution is -2.42. The van der Waals surface area contributed by atoms with Gasteiger partial charge in [-0.05, 0) is 19.1 Å². The van der Waals surface area contributed by atoms with Crippen LogP contribution in [-0.4, -0.2) is 58.5 Å². The number of para-hydroxylation sites is 1. The standard InChI is InChI=1S/C14H22N2O3S/c1-12(11-16-7-9-19-10-8-16)15-13-5-3-4-6-14(13)20(2,17)18/h3-6,12,15H,7-11H2,1-2H3/t12-/m0/s1. The summed E-state index contributed by atoms with van der Waals surface area (Å²) in [5.74, 6) is 0. The van der Waals surface area contributed by atoms with Crippen molar-refractivity contribution >= 4 is 15.5 Å². The number of nitrogens with zero attached hydrogens (tertiary/aromatic N) is 1. The van der Waals surface area contributed by atoms with Crippen LogP contribution in [0.1, 0.15) is 6.92 Å². The first-order valence-corrected chi connectivity index (χ1v) is 8.71. The maximum absolute atomic E-state index is 11.8. The lowest BCUT2D eigenvalue weighted by atomic mass is 10.2. The van der Waals surface area contributed by atoms with Crippen LogP contribution in [0, 0.1) is 0 Å². The second-order valence-corrected chi connectivity index (χ2v) is 7.21. The maximum atomic E-state index is 11.8. The fourth-order valence-electron chi connectivity index (χ4n) is 2.39. The number of sulfone groups is 1. The van der Waals surface area contributed by atoms with Crippen molar-refractivity contribution in [2.45, 2.75) is 17.9 Å². The van der Waals surface area contributed by atoms with Gasteiger partial charge in [-0.2, -0.15) is 0 Å². The van der Waals surface area contributed by atoms with Gasteiger partial charge in [0.05, 0.1) is 23.8 Å². The molecule has 1 N–H and O–H groups in total. The molecule has 1 heterocycles. The topological polar surface area (TPSA) is 58.6 Å². The monoisotopic (exact) mass is 298 g/mol. The molecule has 20 heavy (non-hydrogen) atoms. The third-order valence-electron chi connectivity index (χ3n) is 3.32. The van der Waals surface area contributed by atoms with Gasteiger partial charge in [0.2, 0.25) is 0 Å². The zero-order valence-electron chi connectivity index (χ0n) is 12.0. The first-order valence-electron chi connectivity index (χ1n) is 6.82. The van der Waals surface area contributed by atoms with E-state index < -0.39 is 9.84 Å². The fraction of sp³-hybridized carbons (Fsp3) is 0.571. The molecule has 1 aliphatic rings. The van der Waals surface area contributed by atoms with Gasteiger partial charge in [-0.1, -0.05) is 12.1 Å². The molecule has 0 aromatic heterocycles. The van der Waals surface area contributed by atoms with E-state index in [9.17, 15) is 8.42 Å². The average molecular weight is 298 g/mol. The lowest BCUT2D eigenvalue weighted by Gasteiger charge is -2.30. The highest BCUT2D eigenvalue weighted by Crippen LogP contribution is 2.21. The second-order valence-electron chi connectivity index (χ2n) is 5.23. The summed E-state index contributed by atoms with van der Waals surface area (Å²) in [6, 6.07) is 7.22. The van der Waals surface area contributed by atoms with Gasteiger partial charge in [-0.15, -0.1) is 0 Å². The zero-order chi connectivity index (χ0) is 14.6. The molecule has 0 unspecified atom stereocenters. The molecule has 0 spiro atoms. The molecule has 0 aliphatic carbocycles. The molecular weight excluding hydrogens is 276 g/mol. The summed E-state index contributed by atoms with van der Waals surface area (Å²) in [5.41, 5.74) is 0.677. The van der Waals surface area contributed by atoms with Crippen LogP contribution in [-0.2, 0) is 14.6 Å². The molecule has 1 fully saturated rings. The molecule has 0 amide bonds. The predicted molar refractivity (Wildman–Crippen MR) is 79.9 cm³/mol. The Hall–Kier alpha value is -1.11. The van der Waals surface area contributed by atoms with Crippen LogP contribution >= 0.6 is 0 Å². The van der Waals surface area contributed by atoms with Crippen molar-refractivity contribution in [2.24, 2.45) is 0 Å². The Morgan fingerprint density at radius 2 is 1.95 bits per heavy atom. The van der Waals surface area contributed by atoms with E-state index in [2.05, 4.69) is 17.1 Å². The molecule has 1 atom stereocenters. The SMILES string of the molecule is C[C@@H](CN1CCOCC1)Nc1ccccc1S(C)(=O)=O. The summed E-state index contributed by atoms with van der Waals surface area (Å²) >= 11 is 0. The van der Waals surface area contributed by atoms with E-state index in [1.54, 1.807) is 12.1 Å². The molecule has 6 heteroatoms. The highest BCUT2D eigenvalue weighted by molar-refractivity contribution is 7.90. The van der Waals surface area contributed by atoms with Gasteiger partial charge >= 0.3 is 0 Å². The quantitative estimate of drug-likeness (QED) is 0.886. The van der Waals surface area contributed by atoms with Gasteiger partial charge in [0.1, 0.15) is 0 Å². The van der Waals surface area contributed by atoms with Gasteiger partial charge in [-0.25, -0.2) is 8.42 Å². The van der Waals surface area contributed by atoms with Gasteiger partial charge < -0.3 is 10.1 Å². The number of morpholine rings is 1. The summed E-state index contributed by atoms with van der Waals surface area (Å²) < 4.78 is 28.8. The Morgan fingerprint density at radius 3 is 2.60 bits per heavy atom. The number of benzene rings is 1. The molecule has 1 aromatic carbocycles. The molecule has 112 valence electrons. The van der Waals surface area contributed by atoms with Crippen LogP contribution < -0.4 is 5.32 Å². The van der Waals surface area contributed by atoms with Crippen LogP contribution in [0.5, 0.6) is 0 Å². The molecule has 1 aliphatic heterocycles. The Kier molecular flexibility index (Phi) is 5.01. The molecule has 1 saturated heterocycles. The van der Waals surface area contributed by atoms with Gasteiger partial charge in [0.15, 0.2) is 9.84 Å². The van der Waals surface area contributed by atoms with Crippen molar-refractivity contribution < 1.29 is 13.2 Å². The molecule has 5 nitrogen and oxygen atoms in total. The molecule has 0 radical (unpaired) electrons. The van der Waals surface area contributed by atoms with Crippen molar-refractivity contribution in [1.29, 1.82) is 0 Å². The second kappa shape index (κ2) is 6.56. The normalized spacial score (nSPS) is 18.7. The summed E-state index contributed by atoms with van der Waals surface area (Å²) in [6.45, 7) is 6.34. The van der Waals surface area contributed by atoms with Crippen LogP contribution in [0.4, 0.5) is 5.69 Å². The number of nitrogens with one attached hydrogen (secondary N) is 1. The Bertz CT molecular complexity index is 539.